The maximum atomic E-state index is 13.8. The highest BCUT2D eigenvalue weighted by molar-refractivity contribution is 5.78. The third kappa shape index (κ3) is 5.01. The summed E-state index contributed by atoms with van der Waals surface area (Å²) < 4.78 is 19.2. The van der Waals surface area contributed by atoms with E-state index in [2.05, 4.69) is 9.97 Å². The van der Waals surface area contributed by atoms with Crippen molar-refractivity contribution in [2.24, 2.45) is 0 Å². The number of ether oxygens (including phenoxy) is 1. The van der Waals surface area contributed by atoms with E-state index in [1.54, 1.807) is 29.4 Å². The zero-order chi connectivity index (χ0) is 22.5. The molecule has 1 fully saturated rings. The number of pyridine rings is 1. The van der Waals surface area contributed by atoms with E-state index in [1.807, 2.05) is 37.2 Å². The molecule has 1 amide bonds. The van der Waals surface area contributed by atoms with Crippen molar-refractivity contribution in [3.05, 3.63) is 66.4 Å². The topological polar surface area (TPSA) is 71.5 Å². The van der Waals surface area contributed by atoms with Crippen LogP contribution in [-0.2, 0) is 4.79 Å². The lowest BCUT2D eigenvalue weighted by Crippen LogP contribution is -2.41. The molecule has 7 nitrogen and oxygen atoms in total. The Labute approximate surface area is 186 Å². The number of anilines is 1. The molecule has 1 aromatic carbocycles. The lowest BCUT2D eigenvalue weighted by molar-refractivity contribution is -0.134. The molecule has 0 unspecified atom stereocenters. The van der Waals surface area contributed by atoms with Gasteiger partial charge in [-0.3, -0.25) is 9.78 Å². The van der Waals surface area contributed by atoms with Crippen molar-refractivity contribution in [3.63, 3.8) is 0 Å². The Hall–Kier alpha value is -3.55. The zero-order valence-electron chi connectivity index (χ0n) is 18.2. The Morgan fingerprint density at radius 2 is 2.06 bits per heavy atom. The van der Waals surface area contributed by atoms with E-state index < -0.39 is 5.82 Å². The molecule has 4 rings (SSSR count). The average Bonchev–Trinajstić information content (AvgIpc) is 2.83. The summed E-state index contributed by atoms with van der Waals surface area (Å²) in [7, 11) is 3.88. The number of halogens is 1. The van der Waals surface area contributed by atoms with Crippen LogP contribution in [0.25, 0.3) is 11.4 Å². The summed E-state index contributed by atoms with van der Waals surface area (Å²) in [6.45, 7) is 0.994. The monoisotopic (exact) mass is 435 g/mol. The average molecular weight is 436 g/mol. The van der Waals surface area contributed by atoms with Gasteiger partial charge in [-0.1, -0.05) is 12.1 Å². The van der Waals surface area contributed by atoms with Crippen molar-refractivity contribution >= 4 is 11.7 Å². The Bertz CT molecular complexity index is 1080. The summed E-state index contributed by atoms with van der Waals surface area (Å²) in [4.78, 5) is 30.1. The second-order valence-corrected chi connectivity index (χ2v) is 8.01. The van der Waals surface area contributed by atoms with Crippen molar-refractivity contribution in [1.29, 1.82) is 0 Å². The van der Waals surface area contributed by atoms with E-state index >= 15 is 0 Å². The van der Waals surface area contributed by atoms with Gasteiger partial charge < -0.3 is 14.5 Å². The molecule has 0 radical (unpaired) electrons. The molecular formula is C24H26FN5O2. The van der Waals surface area contributed by atoms with Gasteiger partial charge in [0, 0.05) is 57.1 Å². The highest BCUT2D eigenvalue weighted by atomic mass is 19.1. The fraction of sp³-hybridized carbons (Fsp3) is 0.333. The van der Waals surface area contributed by atoms with Gasteiger partial charge in [-0.2, -0.15) is 0 Å². The number of para-hydroxylation sites is 1. The van der Waals surface area contributed by atoms with Gasteiger partial charge in [0.25, 0.3) is 5.91 Å². The van der Waals surface area contributed by atoms with Gasteiger partial charge in [0.1, 0.15) is 5.82 Å². The number of carbonyl (C=O) groups is 1. The van der Waals surface area contributed by atoms with Crippen LogP contribution in [0.4, 0.5) is 10.2 Å². The molecule has 0 spiro atoms. The molecule has 1 aliphatic heterocycles. The molecule has 166 valence electrons. The standard InChI is InChI=1S/C24H26FN5O2/c1-29(2)22-13-20(27-24(28-22)17-7-5-11-26-14-17)18-8-6-12-30(15-18)23(31)16-32-21-10-4-3-9-19(21)25/h3-5,7,9-11,13-14,18H,6,8,12,15-16H2,1-2H3/t18-/m0/s1. The molecule has 32 heavy (non-hydrogen) atoms. The maximum absolute atomic E-state index is 13.8. The van der Waals surface area contributed by atoms with Crippen LogP contribution in [0.5, 0.6) is 5.75 Å². The molecule has 1 atom stereocenters. The first-order valence-corrected chi connectivity index (χ1v) is 10.6. The van der Waals surface area contributed by atoms with Crippen LogP contribution in [0.2, 0.25) is 0 Å². The van der Waals surface area contributed by atoms with E-state index in [-0.39, 0.29) is 24.2 Å². The fourth-order valence-corrected chi connectivity index (χ4v) is 3.75. The molecule has 0 saturated carbocycles. The number of rotatable bonds is 6. The molecule has 0 aliphatic carbocycles. The third-order valence-corrected chi connectivity index (χ3v) is 5.49. The van der Waals surface area contributed by atoms with Gasteiger partial charge in [0.05, 0.1) is 5.69 Å². The van der Waals surface area contributed by atoms with E-state index in [9.17, 15) is 9.18 Å². The number of amides is 1. The van der Waals surface area contributed by atoms with Gasteiger partial charge >= 0.3 is 0 Å². The molecule has 0 bridgehead atoms. The van der Waals surface area contributed by atoms with Crippen LogP contribution in [-0.4, -0.2) is 59.6 Å². The number of likely N-dealkylation sites (tertiary alicyclic amines) is 1. The predicted molar refractivity (Wildman–Crippen MR) is 120 cm³/mol. The summed E-state index contributed by atoms with van der Waals surface area (Å²) in [5, 5.41) is 0. The van der Waals surface area contributed by atoms with Gasteiger partial charge in [0.15, 0.2) is 24.0 Å². The van der Waals surface area contributed by atoms with Crippen molar-refractivity contribution in [3.8, 4) is 17.1 Å². The number of benzene rings is 1. The smallest absolute Gasteiger partial charge is 0.260 e. The number of nitrogens with zero attached hydrogens (tertiary/aromatic N) is 5. The van der Waals surface area contributed by atoms with E-state index in [0.29, 0.717) is 18.9 Å². The molecule has 8 heteroatoms. The van der Waals surface area contributed by atoms with E-state index in [0.717, 1.165) is 29.9 Å². The minimum atomic E-state index is -0.475. The van der Waals surface area contributed by atoms with Crippen LogP contribution in [0.15, 0.2) is 54.9 Å². The molecule has 3 aromatic rings. The summed E-state index contributed by atoms with van der Waals surface area (Å²) >= 11 is 0. The second-order valence-electron chi connectivity index (χ2n) is 8.01. The van der Waals surface area contributed by atoms with Crippen LogP contribution in [0, 0.1) is 5.82 Å². The zero-order valence-corrected chi connectivity index (χ0v) is 18.2. The number of hydrogen-bond donors (Lipinski definition) is 0. The first-order chi connectivity index (χ1) is 15.5. The Morgan fingerprint density at radius 1 is 1.22 bits per heavy atom. The minimum absolute atomic E-state index is 0.0817. The lowest BCUT2D eigenvalue weighted by Gasteiger charge is -2.33. The molecule has 1 saturated heterocycles. The van der Waals surface area contributed by atoms with Crippen molar-refractivity contribution < 1.29 is 13.9 Å². The Kier molecular flexibility index (Phi) is 6.58. The van der Waals surface area contributed by atoms with Crippen molar-refractivity contribution in [2.45, 2.75) is 18.8 Å². The van der Waals surface area contributed by atoms with Crippen LogP contribution in [0.1, 0.15) is 24.5 Å². The summed E-state index contributed by atoms with van der Waals surface area (Å²) in [5.74, 6) is 0.954. The van der Waals surface area contributed by atoms with Crippen molar-refractivity contribution in [2.75, 3.05) is 38.7 Å². The summed E-state index contributed by atoms with van der Waals surface area (Å²) in [6, 6.07) is 11.9. The number of aromatic nitrogens is 3. The quantitative estimate of drug-likeness (QED) is 0.590. The SMILES string of the molecule is CN(C)c1cc([C@H]2CCCN(C(=O)COc3ccccc3F)C2)nc(-c2cccnc2)n1. The number of carbonyl (C=O) groups excluding carboxylic acids is 1. The summed E-state index contributed by atoms with van der Waals surface area (Å²) in [5.41, 5.74) is 1.74. The molecular weight excluding hydrogens is 409 g/mol. The van der Waals surface area contributed by atoms with E-state index in [1.165, 1.54) is 12.1 Å². The molecule has 0 N–H and O–H groups in total. The highest BCUT2D eigenvalue weighted by Gasteiger charge is 2.27. The minimum Gasteiger partial charge on any atom is -0.481 e. The van der Waals surface area contributed by atoms with E-state index in [4.69, 9.17) is 9.72 Å². The normalized spacial score (nSPS) is 16.0. The first-order valence-electron chi connectivity index (χ1n) is 10.6. The second kappa shape index (κ2) is 9.72. The maximum Gasteiger partial charge on any atom is 0.260 e. The lowest BCUT2D eigenvalue weighted by atomic mass is 9.94. The van der Waals surface area contributed by atoms with Crippen LogP contribution >= 0.6 is 0 Å². The van der Waals surface area contributed by atoms with Crippen LogP contribution in [0.3, 0.4) is 0 Å². The number of hydrogen-bond acceptors (Lipinski definition) is 6. The Morgan fingerprint density at radius 3 is 2.81 bits per heavy atom. The fourth-order valence-electron chi connectivity index (χ4n) is 3.75. The molecule has 3 heterocycles. The third-order valence-electron chi connectivity index (χ3n) is 5.49. The largest absolute Gasteiger partial charge is 0.481 e. The predicted octanol–water partition coefficient (Wildman–Crippen LogP) is 3.53. The number of piperidine rings is 1. The first kappa shape index (κ1) is 21.7. The van der Waals surface area contributed by atoms with Gasteiger partial charge in [-0.05, 0) is 37.1 Å². The van der Waals surface area contributed by atoms with Crippen molar-refractivity contribution in [1.82, 2.24) is 19.9 Å². The highest BCUT2D eigenvalue weighted by Crippen LogP contribution is 2.29. The molecule has 1 aliphatic rings. The van der Waals surface area contributed by atoms with Gasteiger partial charge in [-0.25, -0.2) is 14.4 Å². The van der Waals surface area contributed by atoms with Gasteiger partial charge in [0.2, 0.25) is 0 Å². The van der Waals surface area contributed by atoms with Crippen LogP contribution < -0.4 is 9.64 Å². The Balaban J connectivity index is 1.50. The van der Waals surface area contributed by atoms with Gasteiger partial charge in [-0.15, -0.1) is 0 Å². The summed E-state index contributed by atoms with van der Waals surface area (Å²) in [6.07, 6.45) is 5.25. The molecule has 2 aromatic heterocycles.